The number of hydrogen-bond acceptors (Lipinski definition) is 8. The first kappa shape index (κ1) is 27.4. The van der Waals surface area contributed by atoms with Crippen LogP contribution in [0.25, 0.3) is 5.52 Å². The number of sulfone groups is 2. The van der Waals surface area contributed by atoms with E-state index in [9.17, 15) is 26.4 Å². The van der Waals surface area contributed by atoms with Gasteiger partial charge in [-0.2, -0.15) is 0 Å². The van der Waals surface area contributed by atoms with Crippen molar-refractivity contribution in [2.45, 2.75) is 43.4 Å². The number of pyridine rings is 1. The lowest BCUT2D eigenvalue weighted by atomic mass is 10.1. The van der Waals surface area contributed by atoms with E-state index >= 15 is 0 Å². The number of ketones is 2. The summed E-state index contributed by atoms with van der Waals surface area (Å²) in [7, 11) is -5.49. The minimum Gasteiger partial charge on any atom is -0.493 e. The number of carbonyl (C=O) groups is 2. The highest BCUT2D eigenvalue weighted by atomic mass is 32.2. The normalized spacial score (nSPS) is 12.0. The maximum Gasteiger partial charge on any atom is 0.211 e. The predicted molar refractivity (Wildman–Crippen MR) is 135 cm³/mol. The molecule has 0 radical (unpaired) electrons. The van der Waals surface area contributed by atoms with Crippen molar-refractivity contribution in [2.75, 3.05) is 25.7 Å². The zero-order valence-corrected chi connectivity index (χ0v) is 22.5. The average Bonchev–Trinajstić information content (AvgIpc) is 3.19. The van der Waals surface area contributed by atoms with Gasteiger partial charge in [0.1, 0.15) is 15.5 Å². The SMILES string of the molecule is CCCS(=O)(=O)c1c(S(=O)(=O)CCC)c2ccc(C(C)=O)cn2c1C(=O)c1ccc(OC)c(OC)c1. The molecule has 0 atom stereocenters. The van der Waals surface area contributed by atoms with Crippen molar-refractivity contribution >= 4 is 36.8 Å². The second-order valence-electron chi connectivity index (χ2n) is 8.27. The van der Waals surface area contributed by atoms with Crippen LogP contribution in [-0.4, -0.2) is 58.5 Å². The molecule has 0 unspecified atom stereocenters. The van der Waals surface area contributed by atoms with Crippen LogP contribution < -0.4 is 9.47 Å². The van der Waals surface area contributed by atoms with E-state index in [2.05, 4.69) is 0 Å². The van der Waals surface area contributed by atoms with Gasteiger partial charge in [-0.25, -0.2) is 16.8 Å². The maximum atomic E-state index is 13.9. The molecule has 0 fully saturated rings. The van der Waals surface area contributed by atoms with Gasteiger partial charge < -0.3 is 13.9 Å². The zero-order valence-electron chi connectivity index (χ0n) is 20.8. The summed E-state index contributed by atoms with van der Waals surface area (Å²) in [6.45, 7) is 4.64. The van der Waals surface area contributed by atoms with Crippen LogP contribution in [-0.2, 0) is 19.7 Å². The summed E-state index contributed by atoms with van der Waals surface area (Å²) in [5.74, 6) is -1.13. The molecular formula is C25H29NO8S2. The van der Waals surface area contributed by atoms with Crippen LogP contribution in [0.2, 0.25) is 0 Å². The Hall–Kier alpha value is -3.18. The number of Topliss-reactive ketones (excluding diaryl/α,β-unsaturated/α-hetero) is 1. The van der Waals surface area contributed by atoms with E-state index in [1.54, 1.807) is 13.8 Å². The summed E-state index contributed by atoms with van der Waals surface area (Å²) in [6.07, 6.45) is 1.77. The number of carbonyl (C=O) groups excluding carboxylic acids is 2. The second kappa shape index (κ2) is 10.4. The zero-order chi connectivity index (χ0) is 26.8. The Labute approximate surface area is 210 Å². The molecule has 3 rings (SSSR count). The number of aromatic nitrogens is 1. The lowest BCUT2D eigenvalue weighted by Crippen LogP contribution is -2.17. The molecule has 0 spiro atoms. The van der Waals surface area contributed by atoms with E-state index < -0.39 is 35.2 Å². The van der Waals surface area contributed by atoms with Gasteiger partial charge in [0, 0.05) is 17.3 Å². The van der Waals surface area contributed by atoms with Gasteiger partial charge in [0.2, 0.25) is 5.78 Å². The number of methoxy groups -OCH3 is 2. The van der Waals surface area contributed by atoms with Gasteiger partial charge in [0.15, 0.2) is 37.0 Å². The van der Waals surface area contributed by atoms with Crippen LogP contribution in [0.15, 0.2) is 46.3 Å². The predicted octanol–water partition coefficient (Wildman–Crippen LogP) is 3.76. The summed E-state index contributed by atoms with van der Waals surface area (Å²) in [4.78, 5) is 25.1. The van der Waals surface area contributed by atoms with Crippen molar-refractivity contribution in [2.24, 2.45) is 0 Å². The standard InChI is InChI=1S/C25H29NO8S2/c1-6-12-35(29,30)24-19-10-8-18(16(3)27)15-26(19)22(25(24)36(31,32)13-7-2)23(28)17-9-11-20(33-4)21(14-17)34-5/h8-11,14-15H,6-7,12-13H2,1-5H3. The van der Waals surface area contributed by atoms with E-state index in [0.29, 0.717) is 5.75 Å². The monoisotopic (exact) mass is 535 g/mol. The third kappa shape index (κ3) is 4.90. The minimum absolute atomic E-state index is 0.0203. The molecule has 194 valence electrons. The van der Waals surface area contributed by atoms with Crippen LogP contribution in [0.5, 0.6) is 11.5 Å². The van der Waals surface area contributed by atoms with Crippen LogP contribution in [0.4, 0.5) is 0 Å². The van der Waals surface area contributed by atoms with Gasteiger partial charge in [0.25, 0.3) is 0 Å². The van der Waals surface area contributed by atoms with Crippen molar-refractivity contribution in [3.8, 4) is 11.5 Å². The van der Waals surface area contributed by atoms with Gasteiger partial charge in [-0.1, -0.05) is 13.8 Å². The fourth-order valence-electron chi connectivity index (χ4n) is 4.07. The lowest BCUT2D eigenvalue weighted by molar-refractivity contribution is 0.101. The van der Waals surface area contributed by atoms with E-state index in [1.807, 2.05) is 0 Å². The largest absolute Gasteiger partial charge is 0.493 e. The molecule has 2 aromatic heterocycles. The van der Waals surface area contributed by atoms with Gasteiger partial charge in [0.05, 0.1) is 31.2 Å². The van der Waals surface area contributed by atoms with Gasteiger partial charge >= 0.3 is 0 Å². The number of fused-ring (bicyclic) bond motifs is 1. The van der Waals surface area contributed by atoms with Crippen molar-refractivity contribution in [3.05, 3.63) is 53.3 Å². The number of rotatable bonds is 11. The average molecular weight is 536 g/mol. The molecule has 0 aliphatic heterocycles. The smallest absolute Gasteiger partial charge is 0.211 e. The molecule has 0 saturated heterocycles. The Morgan fingerprint density at radius 2 is 1.36 bits per heavy atom. The second-order valence-corrected chi connectivity index (χ2v) is 12.4. The fraction of sp³-hybridized carbons (Fsp3) is 0.360. The molecule has 0 amide bonds. The number of ether oxygens (including phenoxy) is 2. The summed E-state index contributed by atoms with van der Waals surface area (Å²) in [5.41, 5.74) is -0.0687. The quantitative estimate of drug-likeness (QED) is 0.340. The van der Waals surface area contributed by atoms with Crippen molar-refractivity contribution in [1.82, 2.24) is 4.40 Å². The first-order valence-corrected chi connectivity index (χ1v) is 14.6. The van der Waals surface area contributed by atoms with E-state index in [0.717, 1.165) is 0 Å². The third-order valence-electron chi connectivity index (χ3n) is 5.68. The maximum absolute atomic E-state index is 13.9. The van der Waals surface area contributed by atoms with Crippen molar-refractivity contribution in [1.29, 1.82) is 0 Å². The van der Waals surface area contributed by atoms with E-state index in [-0.39, 0.29) is 58.2 Å². The minimum atomic E-state index is -4.21. The van der Waals surface area contributed by atoms with Gasteiger partial charge in [-0.3, -0.25) is 9.59 Å². The van der Waals surface area contributed by atoms with Gasteiger partial charge in [-0.05, 0) is 50.1 Å². The molecule has 0 saturated carbocycles. The van der Waals surface area contributed by atoms with Gasteiger partial charge in [-0.15, -0.1) is 0 Å². The molecule has 3 aromatic rings. The molecule has 0 aliphatic carbocycles. The summed E-state index contributed by atoms with van der Waals surface area (Å²) in [5, 5.41) is 0. The van der Waals surface area contributed by atoms with E-state index in [1.165, 1.54) is 62.1 Å². The lowest BCUT2D eigenvalue weighted by Gasteiger charge is -2.11. The third-order valence-corrected chi connectivity index (χ3v) is 9.75. The highest BCUT2D eigenvalue weighted by Gasteiger charge is 2.37. The molecule has 0 N–H and O–H groups in total. The van der Waals surface area contributed by atoms with Crippen molar-refractivity contribution < 1.29 is 35.9 Å². The molecule has 9 nitrogen and oxygen atoms in total. The Morgan fingerprint density at radius 3 is 1.89 bits per heavy atom. The molecule has 0 aliphatic rings. The molecule has 1 aromatic carbocycles. The Kier molecular flexibility index (Phi) is 7.94. The Balaban J connectivity index is 2.54. The number of nitrogens with zero attached hydrogens (tertiary/aromatic N) is 1. The van der Waals surface area contributed by atoms with Crippen LogP contribution in [0, 0.1) is 0 Å². The van der Waals surface area contributed by atoms with Crippen LogP contribution in [0.1, 0.15) is 60.0 Å². The van der Waals surface area contributed by atoms with Crippen molar-refractivity contribution in [3.63, 3.8) is 0 Å². The molecule has 36 heavy (non-hydrogen) atoms. The number of benzene rings is 1. The summed E-state index contributed by atoms with van der Waals surface area (Å²) < 4.78 is 65.6. The van der Waals surface area contributed by atoms with Crippen LogP contribution >= 0.6 is 0 Å². The highest BCUT2D eigenvalue weighted by molar-refractivity contribution is 7.94. The Bertz CT molecular complexity index is 1550. The van der Waals surface area contributed by atoms with E-state index in [4.69, 9.17) is 9.47 Å². The number of hydrogen-bond donors (Lipinski definition) is 0. The molecule has 2 heterocycles. The topological polar surface area (TPSA) is 125 Å². The highest BCUT2D eigenvalue weighted by Crippen LogP contribution is 2.37. The fourth-order valence-corrected chi connectivity index (χ4v) is 8.05. The summed E-state index contributed by atoms with van der Waals surface area (Å²) >= 11 is 0. The molecular weight excluding hydrogens is 506 g/mol. The molecule has 0 bridgehead atoms. The van der Waals surface area contributed by atoms with Crippen LogP contribution in [0.3, 0.4) is 0 Å². The first-order chi connectivity index (χ1) is 16.9. The summed E-state index contributed by atoms with van der Waals surface area (Å²) in [6, 6.07) is 7.12. The Morgan fingerprint density at radius 1 is 0.806 bits per heavy atom. The first-order valence-electron chi connectivity index (χ1n) is 11.3. The molecule has 11 heteroatoms.